The summed E-state index contributed by atoms with van der Waals surface area (Å²) >= 11 is 0. The normalized spacial score (nSPS) is 13.0. The molecule has 0 aromatic carbocycles. The van der Waals surface area contributed by atoms with E-state index in [1.54, 1.807) is 0 Å². The van der Waals surface area contributed by atoms with Crippen molar-refractivity contribution in [1.82, 2.24) is 0 Å². The van der Waals surface area contributed by atoms with Crippen LogP contribution >= 0.6 is 0 Å². The van der Waals surface area contributed by atoms with Gasteiger partial charge in [0, 0.05) is 12.8 Å². The summed E-state index contributed by atoms with van der Waals surface area (Å²) in [6, 6.07) is 0. The third kappa shape index (κ3) is 64.8. The van der Waals surface area contributed by atoms with Gasteiger partial charge in [0.1, 0.15) is 6.61 Å². The van der Waals surface area contributed by atoms with Gasteiger partial charge >= 0.3 is 11.9 Å². The quantitative estimate of drug-likeness (QED) is 0.0373. The number of ether oxygens (including phenoxy) is 2. The summed E-state index contributed by atoms with van der Waals surface area (Å²) < 4.78 is 10.8. The second-order valence-electron chi connectivity index (χ2n) is 21.8. The SMILES string of the molecule is CC/C=C\C/C=C\C/C=C\C/C=C\C/C=C\C/C=C\CCCCCCCCCCCCCCC(=O)OC(CO)COC(=O)CCCCCCCCCCCCCCCCCCCCCC/C=C\C/C=C\C/C=C\C/C=C\CC. The van der Waals surface area contributed by atoms with E-state index in [1.807, 2.05) is 0 Å². The zero-order chi connectivity index (χ0) is 56.2. The summed E-state index contributed by atoms with van der Waals surface area (Å²) in [4.78, 5) is 24.6. The topological polar surface area (TPSA) is 72.8 Å². The first kappa shape index (κ1) is 74.3. The zero-order valence-electron chi connectivity index (χ0n) is 51.1. The number of esters is 2. The Balaban J connectivity index is 3.47. The van der Waals surface area contributed by atoms with Crippen molar-refractivity contribution in [3.8, 4) is 0 Å². The molecule has 0 rings (SSSR count). The number of unbranched alkanes of at least 4 members (excludes halogenated alkanes) is 32. The van der Waals surface area contributed by atoms with Crippen molar-refractivity contribution in [3.63, 3.8) is 0 Å². The lowest BCUT2D eigenvalue weighted by Gasteiger charge is -2.15. The van der Waals surface area contributed by atoms with Gasteiger partial charge in [-0.2, -0.15) is 0 Å². The summed E-state index contributed by atoms with van der Waals surface area (Å²) in [5.41, 5.74) is 0. The molecule has 446 valence electrons. The van der Waals surface area contributed by atoms with Crippen LogP contribution in [-0.4, -0.2) is 36.4 Å². The van der Waals surface area contributed by atoms with Crippen molar-refractivity contribution < 1.29 is 24.2 Å². The Hall–Kier alpha value is -3.70. The van der Waals surface area contributed by atoms with Gasteiger partial charge in [0.2, 0.25) is 0 Å². The van der Waals surface area contributed by atoms with E-state index in [9.17, 15) is 14.7 Å². The molecular weight excluding hydrogens is 957 g/mol. The minimum absolute atomic E-state index is 0.0688. The molecule has 0 aliphatic rings. The molecule has 0 saturated heterocycles. The van der Waals surface area contributed by atoms with Gasteiger partial charge in [-0.05, 0) is 103 Å². The Labute approximate surface area is 483 Å². The molecule has 0 aliphatic carbocycles. The molecule has 5 nitrogen and oxygen atoms in total. The molecule has 78 heavy (non-hydrogen) atoms. The number of aliphatic hydroxyl groups is 1. The average molecular weight is 1080 g/mol. The first-order valence-corrected chi connectivity index (χ1v) is 33.1. The first-order chi connectivity index (χ1) is 38.6. The molecular formula is C73H124O5. The number of carbonyl (C=O) groups excluding carboxylic acids is 2. The maximum atomic E-state index is 12.4. The molecule has 1 unspecified atom stereocenters. The average Bonchev–Trinajstić information content (AvgIpc) is 3.44. The van der Waals surface area contributed by atoms with E-state index in [0.29, 0.717) is 12.8 Å². The lowest BCUT2D eigenvalue weighted by Crippen LogP contribution is -2.28. The summed E-state index contributed by atoms with van der Waals surface area (Å²) in [5.74, 6) is -0.586. The van der Waals surface area contributed by atoms with Crippen LogP contribution in [0.3, 0.4) is 0 Å². The fourth-order valence-electron chi connectivity index (χ4n) is 9.38. The van der Waals surface area contributed by atoms with Crippen LogP contribution in [-0.2, 0) is 19.1 Å². The summed E-state index contributed by atoms with van der Waals surface area (Å²) in [7, 11) is 0. The zero-order valence-corrected chi connectivity index (χ0v) is 51.1. The maximum Gasteiger partial charge on any atom is 0.306 e. The van der Waals surface area contributed by atoms with E-state index in [4.69, 9.17) is 9.47 Å². The lowest BCUT2D eigenvalue weighted by atomic mass is 10.0. The molecule has 0 aromatic rings. The van der Waals surface area contributed by atoms with Gasteiger partial charge < -0.3 is 14.6 Å². The second kappa shape index (κ2) is 67.6. The Bertz CT molecular complexity index is 1550. The molecule has 0 spiro atoms. The number of hydrogen-bond donors (Lipinski definition) is 1. The van der Waals surface area contributed by atoms with Crippen molar-refractivity contribution in [3.05, 3.63) is 122 Å². The van der Waals surface area contributed by atoms with Crippen molar-refractivity contribution in [1.29, 1.82) is 0 Å². The lowest BCUT2D eigenvalue weighted by molar-refractivity contribution is -0.161. The number of hydrogen-bond acceptors (Lipinski definition) is 5. The molecule has 0 saturated carbocycles. The van der Waals surface area contributed by atoms with E-state index in [-0.39, 0.29) is 25.2 Å². The van der Waals surface area contributed by atoms with Crippen LogP contribution in [0.25, 0.3) is 0 Å². The Morgan fingerprint density at radius 3 is 0.769 bits per heavy atom. The highest BCUT2D eigenvalue weighted by Gasteiger charge is 2.16. The molecule has 5 heteroatoms. The fourth-order valence-corrected chi connectivity index (χ4v) is 9.38. The van der Waals surface area contributed by atoms with Crippen LogP contribution in [0.2, 0.25) is 0 Å². The van der Waals surface area contributed by atoms with Crippen molar-refractivity contribution >= 4 is 11.9 Å². The summed E-state index contributed by atoms with van der Waals surface area (Å²) in [6.45, 7) is 3.94. The van der Waals surface area contributed by atoms with Gasteiger partial charge in [0.15, 0.2) is 6.10 Å². The molecule has 1 atom stereocenters. The second-order valence-corrected chi connectivity index (χ2v) is 21.8. The van der Waals surface area contributed by atoms with Crippen LogP contribution in [0.5, 0.6) is 0 Å². The third-order valence-electron chi connectivity index (χ3n) is 14.3. The molecule has 0 amide bonds. The standard InChI is InChI=1S/C73H124O5/c1-3-5-7-9-11-13-15-17-19-21-23-25-27-29-31-33-35-36-38-39-41-43-45-47-49-51-53-55-57-59-61-63-65-67-72(75)77-70-71(69-74)78-73(76)68-66-64-62-60-58-56-54-52-50-48-46-44-42-40-37-34-32-30-28-26-24-22-20-18-16-14-12-10-8-6-4-2/h5-8,11-14,17-20,23-26,30,32,37,40,71,74H,3-4,9-10,15-16,21-22,27-29,31,33-36,38-39,41-70H2,1-2H3/b7-5-,8-6-,13-11-,14-12-,19-17-,20-18-,25-23-,26-24-,32-30-,40-37-. The van der Waals surface area contributed by atoms with Crippen LogP contribution in [0, 0.1) is 0 Å². The Kier molecular flexibility index (Phi) is 64.4. The highest BCUT2D eigenvalue weighted by molar-refractivity contribution is 5.70. The molecule has 0 bridgehead atoms. The minimum atomic E-state index is -0.780. The maximum absolute atomic E-state index is 12.4. The molecule has 0 fully saturated rings. The van der Waals surface area contributed by atoms with E-state index < -0.39 is 6.10 Å². The van der Waals surface area contributed by atoms with Crippen molar-refractivity contribution in [2.24, 2.45) is 0 Å². The summed E-state index contributed by atoms with van der Waals surface area (Å²) in [6.07, 6.45) is 99.2. The van der Waals surface area contributed by atoms with Crippen LogP contribution in [0.4, 0.5) is 0 Å². The summed E-state index contributed by atoms with van der Waals surface area (Å²) in [5, 5.41) is 9.70. The van der Waals surface area contributed by atoms with Gasteiger partial charge in [-0.15, -0.1) is 0 Å². The molecule has 0 heterocycles. The van der Waals surface area contributed by atoms with Crippen molar-refractivity contribution in [2.75, 3.05) is 13.2 Å². The van der Waals surface area contributed by atoms with E-state index in [2.05, 4.69) is 135 Å². The predicted octanol–water partition coefficient (Wildman–Crippen LogP) is 23.0. The molecule has 0 aromatic heterocycles. The Morgan fingerprint density at radius 2 is 0.513 bits per heavy atom. The molecule has 0 aliphatic heterocycles. The van der Waals surface area contributed by atoms with E-state index in [0.717, 1.165) is 103 Å². The number of aliphatic hydroxyl groups excluding tert-OH is 1. The number of carbonyl (C=O) groups is 2. The fraction of sp³-hybridized carbons (Fsp3) is 0.699. The van der Waals surface area contributed by atoms with Crippen LogP contribution < -0.4 is 0 Å². The minimum Gasteiger partial charge on any atom is -0.462 e. The van der Waals surface area contributed by atoms with Gasteiger partial charge in [0.05, 0.1) is 6.61 Å². The third-order valence-corrected chi connectivity index (χ3v) is 14.3. The predicted molar refractivity (Wildman–Crippen MR) is 343 cm³/mol. The van der Waals surface area contributed by atoms with Crippen LogP contribution in [0.1, 0.15) is 309 Å². The van der Waals surface area contributed by atoms with E-state index >= 15 is 0 Å². The monoisotopic (exact) mass is 1080 g/mol. The Morgan fingerprint density at radius 1 is 0.295 bits per heavy atom. The van der Waals surface area contributed by atoms with Crippen LogP contribution in [0.15, 0.2) is 122 Å². The molecule has 0 radical (unpaired) electrons. The largest absolute Gasteiger partial charge is 0.462 e. The first-order valence-electron chi connectivity index (χ1n) is 33.1. The highest BCUT2D eigenvalue weighted by atomic mass is 16.6. The van der Waals surface area contributed by atoms with Gasteiger partial charge in [-0.25, -0.2) is 0 Å². The smallest absolute Gasteiger partial charge is 0.306 e. The van der Waals surface area contributed by atoms with E-state index in [1.165, 1.54) is 180 Å². The number of rotatable bonds is 60. The van der Waals surface area contributed by atoms with Gasteiger partial charge in [-0.3, -0.25) is 9.59 Å². The molecule has 1 N–H and O–H groups in total. The number of allylic oxidation sites excluding steroid dienone is 20. The van der Waals surface area contributed by atoms with Gasteiger partial charge in [-0.1, -0.05) is 315 Å². The van der Waals surface area contributed by atoms with Crippen molar-refractivity contribution in [2.45, 2.75) is 315 Å². The highest BCUT2D eigenvalue weighted by Crippen LogP contribution is 2.17. The van der Waals surface area contributed by atoms with Gasteiger partial charge in [0.25, 0.3) is 0 Å².